The summed E-state index contributed by atoms with van der Waals surface area (Å²) < 4.78 is 49.5. The van der Waals surface area contributed by atoms with E-state index in [-0.39, 0.29) is 6.04 Å². The molecule has 26 heavy (non-hydrogen) atoms. The number of halogens is 3. The van der Waals surface area contributed by atoms with E-state index in [2.05, 4.69) is 11.8 Å². The summed E-state index contributed by atoms with van der Waals surface area (Å²) in [7, 11) is 3.18. The fourth-order valence-electron chi connectivity index (χ4n) is 3.58. The van der Waals surface area contributed by atoms with Crippen LogP contribution in [0.4, 0.5) is 13.2 Å². The van der Waals surface area contributed by atoms with Gasteiger partial charge in [-0.05, 0) is 53.9 Å². The lowest BCUT2D eigenvalue weighted by Crippen LogP contribution is -2.36. The van der Waals surface area contributed by atoms with Crippen LogP contribution in [0.15, 0.2) is 36.4 Å². The van der Waals surface area contributed by atoms with E-state index < -0.39 is 11.7 Å². The maximum absolute atomic E-state index is 12.9. The molecule has 0 saturated carbocycles. The van der Waals surface area contributed by atoms with Crippen LogP contribution >= 0.6 is 0 Å². The van der Waals surface area contributed by atoms with Crippen molar-refractivity contribution in [1.29, 1.82) is 0 Å². The fraction of sp³-hybridized carbons (Fsp3) is 0.400. The summed E-state index contributed by atoms with van der Waals surface area (Å²) in [6.07, 6.45) is -3.47. The molecule has 0 aliphatic carbocycles. The van der Waals surface area contributed by atoms with E-state index in [1.165, 1.54) is 0 Å². The van der Waals surface area contributed by atoms with Gasteiger partial charge in [-0.1, -0.05) is 19.1 Å². The Balaban J connectivity index is 2.08. The molecule has 2 aromatic carbocycles. The van der Waals surface area contributed by atoms with E-state index in [1.807, 2.05) is 12.1 Å². The van der Waals surface area contributed by atoms with Gasteiger partial charge in [0.05, 0.1) is 25.8 Å². The lowest BCUT2D eigenvalue weighted by molar-refractivity contribution is -0.137. The molecule has 2 aromatic rings. The number of ether oxygens (including phenoxy) is 2. The topological polar surface area (TPSA) is 21.7 Å². The number of rotatable bonds is 4. The van der Waals surface area contributed by atoms with Gasteiger partial charge in [0.15, 0.2) is 11.5 Å². The summed E-state index contributed by atoms with van der Waals surface area (Å²) in [4.78, 5) is 2.26. The van der Waals surface area contributed by atoms with Crippen molar-refractivity contribution in [3.05, 3.63) is 58.7 Å². The number of benzene rings is 2. The van der Waals surface area contributed by atoms with Crippen LogP contribution in [0.5, 0.6) is 11.5 Å². The van der Waals surface area contributed by atoms with Gasteiger partial charge in [-0.15, -0.1) is 0 Å². The molecule has 6 heteroatoms. The van der Waals surface area contributed by atoms with Crippen molar-refractivity contribution in [3.63, 3.8) is 0 Å². The van der Waals surface area contributed by atoms with Gasteiger partial charge in [-0.3, -0.25) is 4.90 Å². The van der Waals surface area contributed by atoms with Crippen LogP contribution in [0, 0.1) is 0 Å². The molecule has 1 aliphatic heterocycles. The second-order valence-corrected chi connectivity index (χ2v) is 6.31. The van der Waals surface area contributed by atoms with Crippen LogP contribution in [0.1, 0.15) is 35.2 Å². The van der Waals surface area contributed by atoms with Gasteiger partial charge in [-0.2, -0.15) is 13.2 Å². The molecule has 0 bridgehead atoms. The fourth-order valence-corrected chi connectivity index (χ4v) is 3.58. The third kappa shape index (κ3) is 3.38. The number of alkyl halides is 3. The second kappa shape index (κ2) is 7.19. The smallest absolute Gasteiger partial charge is 0.416 e. The first-order valence-electron chi connectivity index (χ1n) is 8.55. The molecule has 0 radical (unpaired) electrons. The molecule has 0 N–H and O–H groups in total. The molecule has 1 unspecified atom stereocenters. The number of methoxy groups -OCH3 is 2. The summed E-state index contributed by atoms with van der Waals surface area (Å²) in [6, 6.07) is 9.25. The largest absolute Gasteiger partial charge is 0.493 e. The van der Waals surface area contributed by atoms with Gasteiger partial charge in [-0.25, -0.2) is 0 Å². The van der Waals surface area contributed by atoms with E-state index in [1.54, 1.807) is 26.4 Å². The van der Waals surface area contributed by atoms with Crippen LogP contribution in [0.25, 0.3) is 0 Å². The quantitative estimate of drug-likeness (QED) is 0.785. The average molecular weight is 365 g/mol. The molecule has 0 fully saturated rings. The SMILES string of the molecule is CCN1CCc2cc(OC)c(OC)cc2C1c1ccc(C(F)(F)F)cc1. The number of fused-ring (bicyclic) bond motifs is 1. The van der Waals surface area contributed by atoms with Gasteiger partial charge in [0, 0.05) is 6.54 Å². The number of hydrogen-bond acceptors (Lipinski definition) is 3. The molecule has 3 rings (SSSR count). The maximum Gasteiger partial charge on any atom is 0.416 e. The van der Waals surface area contributed by atoms with Crippen molar-refractivity contribution in [3.8, 4) is 11.5 Å². The first kappa shape index (κ1) is 18.6. The van der Waals surface area contributed by atoms with Crippen molar-refractivity contribution in [2.24, 2.45) is 0 Å². The second-order valence-electron chi connectivity index (χ2n) is 6.31. The molecule has 1 atom stereocenters. The molecule has 0 aromatic heterocycles. The van der Waals surface area contributed by atoms with Gasteiger partial charge in [0.1, 0.15) is 0 Å². The van der Waals surface area contributed by atoms with Gasteiger partial charge >= 0.3 is 6.18 Å². The first-order chi connectivity index (χ1) is 12.4. The Kier molecular flexibility index (Phi) is 5.14. The summed E-state index contributed by atoms with van der Waals surface area (Å²) >= 11 is 0. The van der Waals surface area contributed by atoms with Gasteiger partial charge < -0.3 is 9.47 Å². The van der Waals surface area contributed by atoms with Crippen LogP contribution < -0.4 is 9.47 Å². The molecule has 0 saturated heterocycles. The monoisotopic (exact) mass is 365 g/mol. The molecule has 140 valence electrons. The summed E-state index contributed by atoms with van der Waals surface area (Å²) in [6.45, 7) is 3.70. The molecular weight excluding hydrogens is 343 g/mol. The van der Waals surface area contributed by atoms with Crippen LogP contribution in [-0.2, 0) is 12.6 Å². The lowest BCUT2D eigenvalue weighted by atomic mass is 9.87. The molecular formula is C20H22F3NO2. The van der Waals surface area contributed by atoms with Crippen molar-refractivity contribution in [2.45, 2.75) is 25.6 Å². The first-order valence-corrected chi connectivity index (χ1v) is 8.55. The summed E-state index contributed by atoms with van der Waals surface area (Å²) in [5, 5.41) is 0. The standard InChI is InChI=1S/C20H22F3NO2/c1-4-24-10-9-14-11-17(25-2)18(26-3)12-16(14)19(24)13-5-7-15(8-6-13)20(21,22)23/h5-8,11-12,19H,4,9-10H2,1-3H3. The van der Waals surface area contributed by atoms with E-state index in [9.17, 15) is 13.2 Å². The minimum absolute atomic E-state index is 0.106. The zero-order valence-corrected chi connectivity index (χ0v) is 15.1. The van der Waals surface area contributed by atoms with Gasteiger partial charge in [0.25, 0.3) is 0 Å². The van der Waals surface area contributed by atoms with E-state index in [4.69, 9.17) is 9.47 Å². The molecule has 3 nitrogen and oxygen atoms in total. The molecule has 0 amide bonds. The Labute approximate surface area is 151 Å². The number of nitrogens with zero attached hydrogens (tertiary/aromatic N) is 1. The van der Waals surface area contributed by atoms with Gasteiger partial charge in [0.2, 0.25) is 0 Å². The Morgan fingerprint density at radius 3 is 2.19 bits per heavy atom. The minimum Gasteiger partial charge on any atom is -0.493 e. The Hall–Kier alpha value is -2.21. The Morgan fingerprint density at radius 1 is 1.04 bits per heavy atom. The van der Waals surface area contributed by atoms with Crippen LogP contribution in [0.2, 0.25) is 0 Å². The van der Waals surface area contributed by atoms with Crippen molar-refractivity contribution in [2.75, 3.05) is 27.3 Å². The minimum atomic E-state index is -4.33. The predicted octanol–water partition coefficient (Wildman–Crippen LogP) is 4.69. The highest BCUT2D eigenvalue weighted by atomic mass is 19.4. The number of likely N-dealkylation sites (N-methyl/N-ethyl adjacent to an activating group) is 1. The highest BCUT2D eigenvalue weighted by Gasteiger charge is 2.32. The highest BCUT2D eigenvalue weighted by Crippen LogP contribution is 2.41. The van der Waals surface area contributed by atoms with E-state index in [0.29, 0.717) is 11.5 Å². The maximum atomic E-state index is 12.9. The predicted molar refractivity (Wildman–Crippen MR) is 93.8 cm³/mol. The van der Waals surface area contributed by atoms with Crippen LogP contribution in [-0.4, -0.2) is 32.2 Å². The highest BCUT2D eigenvalue weighted by molar-refractivity contribution is 5.51. The van der Waals surface area contributed by atoms with E-state index >= 15 is 0 Å². The van der Waals surface area contributed by atoms with Crippen molar-refractivity contribution >= 4 is 0 Å². The van der Waals surface area contributed by atoms with Crippen LogP contribution in [0.3, 0.4) is 0 Å². The Morgan fingerprint density at radius 2 is 1.65 bits per heavy atom. The third-order valence-electron chi connectivity index (χ3n) is 4.93. The molecule has 1 heterocycles. The van der Waals surface area contributed by atoms with E-state index in [0.717, 1.165) is 48.3 Å². The third-order valence-corrected chi connectivity index (χ3v) is 4.93. The molecule has 1 aliphatic rings. The normalized spacial score (nSPS) is 17.7. The zero-order chi connectivity index (χ0) is 18.9. The van der Waals surface area contributed by atoms with Crippen molar-refractivity contribution in [1.82, 2.24) is 4.90 Å². The lowest BCUT2D eigenvalue weighted by Gasteiger charge is -2.37. The molecule has 0 spiro atoms. The average Bonchev–Trinajstić information content (AvgIpc) is 2.65. The summed E-state index contributed by atoms with van der Waals surface area (Å²) in [5.74, 6) is 1.29. The van der Waals surface area contributed by atoms with Crippen molar-refractivity contribution < 1.29 is 22.6 Å². The zero-order valence-electron chi connectivity index (χ0n) is 15.1. The Bertz CT molecular complexity index is 772. The summed E-state index contributed by atoms with van der Waals surface area (Å²) in [5.41, 5.74) is 2.40. The number of hydrogen-bond donors (Lipinski definition) is 0.